The average molecular weight is 206 g/mol. The molecule has 80 valence electrons. The van der Waals surface area contributed by atoms with Crippen LogP contribution < -0.4 is 11.1 Å². The fourth-order valence-electron chi connectivity index (χ4n) is 1.47. The van der Waals surface area contributed by atoms with Crippen LogP contribution in [0.1, 0.15) is 19.3 Å². The third-order valence-electron chi connectivity index (χ3n) is 2.49. The first kappa shape index (κ1) is 10.0. The van der Waals surface area contributed by atoms with Gasteiger partial charge in [0.15, 0.2) is 5.82 Å². The second-order valence-electron chi connectivity index (χ2n) is 3.86. The number of amides is 1. The molecule has 2 rings (SSSR count). The lowest BCUT2D eigenvalue weighted by Crippen LogP contribution is -2.29. The van der Waals surface area contributed by atoms with Gasteiger partial charge in [-0.2, -0.15) is 5.10 Å². The standard InChI is InChI=1S/C10H14N4O/c11-8(7-3-4-7)6-10(15)13-9-2-1-5-12-14-9/h1-2,5,7-8H,3-4,6,11H2,(H,13,14,15). The molecule has 1 unspecified atom stereocenters. The van der Waals surface area contributed by atoms with Gasteiger partial charge in [0.05, 0.1) is 0 Å². The molecule has 15 heavy (non-hydrogen) atoms. The maximum absolute atomic E-state index is 11.5. The molecule has 0 spiro atoms. The minimum atomic E-state index is -0.0881. The Morgan fingerprint density at radius 3 is 3.07 bits per heavy atom. The minimum absolute atomic E-state index is 0.0123. The summed E-state index contributed by atoms with van der Waals surface area (Å²) in [4.78, 5) is 11.5. The van der Waals surface area contributed by atoms with Gasteiger partial charge in [0.1, 0.15) is 0 Å². The fraction of sp³-hybridized carbons (Fsp3) is 0.500. The van der Waals surface area contributed by atoms with Crippen molar-refractivity contribution in [2.24, 2.45) is 11.7 Å². The van der Waals surface area contributed by atoms with Gasteiger partial charge in [-0.15, -0.1) is 5.10 Å². The van der Waals surface area contributed by atoms with E-state index in [2.05, 4.69) is 15.5 Å². The lowest BCUT2D eigenvalue weighted by Gasteiger charge is -2.09. The largest absolute Gasteiger partial charge is 0.327 e. The normalized spacial score (nSPS) is 17.1. The van der Waals surface area contributed by atoms with E-state index >= 15 is 0 Å². The van der Waals surface area contributed by atoms with Crippen molar-refractivity contribution in [1.82, 2.24) is 10.2 Å². The number of nitrogens with zero attached hydrogens (tertiary/aromatic N) is 2. The molecule has 1 saturated carbocycles. The van der Waals surface area contributed by atoms with E-state index in [0.717, 1.165) is 12.8 Å². The predicted molar refractivity (Wildman–Crippen MR) is 56.0 cm³/mol. The Kier molecular flexibility index (Phi) is 2.91. The molecule has 0 radical (unpaired) electrons. The molecule has 1 atom stereocenters. The molecule has 0 saturated heterocycles. The van der Waals surface area contributed by atoms with Crippen molar-refractivity contribution in [3.05, 3.63) is 18.3 Å². The zero-order valence-electron chi connectivity index (χ0n) is 8.39. The fourth-order valence-corrected chi connectivity index (χ4v) is 1.47. The van der Waals surface area contributed by atoms with E-state index in [0.29, 0.717) is 18.2 Å². The number of carbonyl (C=O) groups excluding carboxylic acids is 1. The summed E-state index contributed by atoms with van der Waals surface area (Å²) < 4.78 is 0. The summed E-state index contributed by atoms with van der Waals surface area (Å²) in [6, 6.07) is 3.42. The van der Waals surface area contributed by atoms with Gasteiger partial charge < -0.3 is 11.1 Å². The summed E-state index contributed by atoms with van der Waals surface area (Å²) >= 11 is 0. The third kappa shape index (κ3) is 2.99. The SMILES string of the molecule is NC(CC(=O)Nc1cccnn1)C1CC1. The van der Waals surface area contributed by atoms with Gasteiger partial charge in [-0.25, -0.2) is 0 Å². The van der Waals surface area contributed by atoms with Crippen molar-refractivity contribution in [3.63, 3.8) is 0 Å². The lowest BCUT2D eigenvalue weighted by atomic mass is 10.1. The molecule has 0 bridgehead atoms. The molecule has 1 aromatic heterocycles. The Morgan fingerprint density at radius 1 is 1.67 bits per heavy atom. The molecule has 1 aliphatic carbocycles. The van der Waals surface area contributed by atoms with Crippen LogP contribution in [0.4, 0.5) is 5.82 Å². The Balaban J connectivity index is 1.81. The van der Waals surface area contributed by atoms with Crippen molar-refractivity contribution in [1.29, 1.82) is 0 Å². The predicted octanol–water partition coefficient (Wildman–Crippen LogP) is 0.542. The zero-order valence-corrected chi connectivity index (χ0v) is 8.39. The van der Waals surface area contributed by atoms with E-state index in [4.69, 9.17) is 5.73 Å². The molecular weight excluding hydrogens is 192 g/mol. The van der Waals surface area contributed by atoms with Gasteiger partial charge in [0.2, 0.25) is 5.91 Å². The summed E-state index contributed by atoms with van der Waals surface area (Å²) in [7, 11) is 0. The van der Waals surface area contributed by atoms with Gasteiger partial charge in [-0.1, -0.05) is 0 Å². The molecule has 5 heteroatoms. The maximum atomic E-state index is 11.5. The summed E-state index contributed by atoms with van der Waals surface area (Å²) in [5.41, 5.74) is 5.84. The molecule has 1 aliphatic rings. The lowest BCUT2D eigenvalue weighted by molar-refractivity contribution is -0.116. The van der Waals surface area contributed by atoms with Gasteiger partial charge in [0.25, 0.3) is 0 Å². The Morgan fingerprint density at radius 2 is 2.47 bits per heavy atom. The highest BCUT2D eigenvalue weighted by atomic mass is 16.1. The first-order chi connectivity index (χ1) is 7.25. The second-order valence-corrected chi connectivity index (χ2v) is 3.86. The van der Waals surface area contributed by atoms with E-state index in [-0.39, 0.29) is 11.9 Å². The van der Waals surface area contributed by atoms with Crippen LogP contribution in [0.5, 0.6) is 0 Å². The molecular formula is C10H14N4O. The number of hydrogen-bond donors (Lipinski definition) is 2. The molecule has 3 N–H and O–H groups in total. The van der Waals surface area contributed by atoms with Crippen LogP contribution in [0, 0.1) is 5.92 Å². The highest BCUT2D eigenvalue weighted by Gasteiger charge is 2.29. The van der Waals surface area contributed by atoms with E-state index in [9.17, 15) is 4.79 Å². The highest BCUT2D eigenvalue weighted by molar-refractivity contribution is 5.90. The van der Waals surface area contributed by atoms with Crippen molar-refractivity contribution in [2.75, 3.05) is 5.32 Å². The minimum Gasteiger partial charge on any atom is -0.327 e. The van der Waals surface area contributed by atoms with Crippen molar-refractivity contribution >= 4 is 11.7 Å². The van der Waals surface area contributed by atoms with Crippen LogP contribution in [-0.4, -0.2) is 22.1 Å². The van der Waals surface area contributed by atoms with Crippen LogP contribution >= 0.6 is 0 Å². The average Bonchev–Trinajstić information content (AvgIpc) is 3.01. The summed E-state index contributed by atoms with van der Waals surface area (Å²) in [6.45, 7) is 0. The topological polar surface area (TPSA) is 80.9 Å². The molecule has 1 aromatic rings. The third-order valence-corrected chi connectivity index (χ3v) is 2.49. The monoisotopic (exact) mass is 206 g/mol. The molecule has 1 fully saturated rings. The van der Waals surface area contributed by atoms with Crippen LogP contribution in [-0.2, 0) is 4.79 Å². The van der Waals surface area contributed by atoms with Crippen LogP contribution in [0.15, 0.2) is 18.3 Å². The summed E-state index contributed by atoms with van der Waals surface area (Å²) in [6.07, 6.45) is 4.23. The number of hydrogen-bond acceptors (Lipinski definition) is 4. The number of aromatic nitrogens is 2. The van der Waals surface area contributed by atoms with Gasteiger partial charge in [-0.05, 0) is 30.9 Å². The molecule has 1 amide bonds. The van der Waals surface area contributed by atoms with Crippen molar-refractivity contribution in [3.8, 4) is 0 Å². The van der Waals surface area contributed by atoms with Crippen molar-refractivity contribution < 1.29 is 4.79 Å². The van der Waals surface area contributed by atoms with E-state index in [1.54, 1.807) is 18.3 Å². The van der Waals surface area contributed by atoms with Crippen LogP contribution in [0.2, 0.25) is 0 Å². The Hall–Kier alpha value is -1.49. The first-order valence-corrected chi connectivity index (χ1v) is 5.09. The van der Waals surface area contributed by atoms with E-state index < -0.39 is 0 Å². The summed E-state index contributed by atoms with van der Waals surface area (Å²) in [5, 5.41) is 10.1. The Bertz CT molecular complexity index is 337. The number of nitrogens with two attached hydrogens (primary N) is 1. The molecule has 0 aliphatic heterocycles. The smallest absolute Gasteiger partial charge is 0.227 e. The van der Waals surface area contributed by atoms with Crippen LogP contribution in [0.25, 0.3) is 0 Å². The van der Waals surface area contributed by atoms with E-state index in [1.807, 2.05) is 0 Å². The van der Waals surface area contributed by atoms with Gasteiger partial charge >= 0.3 is 0 Å². The molecule has 5 nitrogen and oxygen atoms in total. The van der Waals surface area contributed by atoms with Gasteiger partial charge in [-0.3, -0.25) is 4.79 Å². The summed E-state index contributed by atoms with van der Waals surface area (Å²) in [5.74, 6) is 0.929. The molecule has 0 aromatic carbocycles. The highest BCUT2D eigenvalue weighted by Crippen LogP contribution is 2.32. The number of anilines is 1. The second kappa shape index (κ2) is 4.35. The van der Waals surface area contributed by atoms with E-state index in [1.165, 1.54) is 0 Å². The Labute approximate surface area is 88.1 Å². The number of nitrogens with one attached hydrogen (secondary N) is 1. The quantitative estimate of drug-likeness (QED) is 0.753. The number of carbonyl (C=O) groups is 1. The molecule has 1 heterocycles. The van der Waals surface area contributed by atoms with Crippen LogP contribution in [0.3, 0.4) is 0 Å². The van der Waals surface area contributed by atoms with Crippen molar-refractivity contribution in [2.45, 2.75) is 25.3 Å². The zero-order chi connectivity index (χ0) is 10.7. The number of rotatable bonds is 4. The maximum Gasteiger partial charge on any atom is 0.227 e. The van der Waals surface area contributed by atoms with Gasteiger partial charge in [0, 0.05) is 18.7 Å². The first-order valence-electron chi connectivity index (χ1n) is 5.09.